The molecule has 0 radical (unpaired) electrons. The van der Waals surface area contributed by atoms with Crippen LogP contribution in [0, 0.1) is 5.92 Å². The van der Waals surface area contributed by atoms with E-state index in [0.717, 1.165) is 5.56 Å². The summed E-state index contributed by atoms with van der Waals surface area (Å²) in [6.07, 6.45) is 0.618. The van der Waals surface area contributed by atoms with Crippen LogP contribution in [0.1, 0.15) is 34.0 Å². The number of hydrogen-bond acceptors (Lipinski definition) is 9. The molecule has 10 nitrogen and oxygen atoms in total. The molecule has 0 unspecified atom stereocenters. The molecule has 1 fully saturated rings. The molecule has 1 amide bonds. The van der Waals surface area contributed by atoms with Gasteiger partial charge in [-0.05, 0) is 17.2 Å². The quantitative estimate of drug-likeness (QED) is 0.443. The van der Waals surface area contributed by atoms with Gasteiger partial charge >= 0.3 is 24.0 Å². The minimum Gasteiger partial charge on any atom is -0.469 e. The van der Waals surface area contributed by atoms with Crippen molar-refractivity contribution in [1.82, 2.24) is 9.88 Å². The molecule has 1 aromatic heterocycles. The number of rotatable bonds is 7. The van der Waals surface area contributed by atoms with Crippen LogP contribution < -0.4 is 0 Å². The van der Waals surface area contributed by atoms with Crippen LogP contribution in [0.15, 0.2) is 48.7 Å². The van der Waals surface area contributed by atoms with E-state index in [1.54, 1.807) is 6.07 Å². The third kappa shape index (κ3) is 5.51. The zero-order valence-electron chi connectivity index (χ0n) is 19.1. The lowest BCUT2D eigenvalue weighted by atomic mass is 9.83. The summed E-state index contributed by atoms with van der Waals surface area (Å²) < 4.78 is 19.9. The number of aromatic nitrogens is 1. The van der Waals surface area contributed by atoms with E-state index >= 15 is 0 Å². The van der Waals surface area contributed by atoms with Crippen LogP contribution in [-0.2, 0) is 35.1 Å². The number of ether oxygens (including phenoxy) is 4. The largest absolute Gasteiger partial charge is 0.469 e. The van der Waals surface area contributed by atoms with Crippen LogP contribution in [0.4, 0.5) is 4.79 Å². The first kappa shape index (κ1) is 24.7. The van der Waals surface area contributed by atoms with Crippen molar-refractivity contribution in [3.63, 3.8) is 0 Å². The Labute approximate surface area is 196 Å². The van der Waals surface area contributed by atoms with Gasteiger partial charge in [0.2, 0.25) is 0 Å². The number of benzene rings is 1. The highest BCUT2D eigenvalue weighted by molar-refractivity contribution is 5.87. The third-order valence-corrected chi connectivity index (χ3v) is 5.77. The van der Waals surface area contributed by atoms with E-state index in [1.165, 1.54) is 38.5 Å². The molecule has 34 heavy (non-hydrogen) atoms. The van der Waals surface area contributed by atoms with Gasteiger partial charge < -0.3 is 18.9 Å². The van der Waals surface area contributed by atoms with Crippen molar-refractivity contribution in [2.24, 2.45) is 5.92 Å². The molecule has 1 aromatic carbocycles. The van der Waals surface area contributed by atoms with Gasteiger partial charge in [-0.25, -0.2) is 19.4 Å². The van der Waals surface area contributed by atoms with Crippen molar-refractivity contribution in [2.75, 3.05) is 27.9 Å². The smallest absolute Gasteiger partial charge is 0.410 e. The lowest BCUT2D eigenvalue weighted by Crippen LogP contribution is -2.44. The molecule has 0 spiro atoms. The van der Waals surface area contributed by atoms with Gasteiger partial charge in [-0.3, -0.25) is 9.69 Å². The van der Waals surface area contributed by atoms with Gasteiger partial charge in [0.15, 0.2) is 0 Å². The molecule has 10 heteroatoms. The molecular formula is C24H26N2O8. The Morgan fingerprint density at radius 1 is 0.971 bits per heavy atom. The van der Waals surface area contributed by atoms with E-state index in [4.69, 9.17) is 14.2 Å². The number of nitrogens with zero attached hydrogens (tertiary/aromatic N) is 2. The Morgan fingerprint density at radius 3 is 2.29 bits per heavy atom. The summed E-state index contributed by atoms with van der Waals surface area (Å²) in [5.41, 5.74) is 1.53. The molecule has 0 N–H and O–H groups in total. The lowest BCUT2D eigenvalue weighted by Gasteiger charge is -2.25. The zero-order valence-corrected chi connectivity index (χ0v) is 19.1. The van der Waals surface area contributed by atoms with E-state index in [9.17, 15) is 19.2 Å². The second-order valence-electron chi connectivity index (χ2n) is 7.68. The first-order chi connectivity index (χ1) is 16.4. The van der Waals surface area contributed by atoms with Gasteiger partial charge in [-0.15, -0.1) is 0 Å². The fourth-order valence-electron chi connectivity index (χ4n) is 4.06. The topological polar surface area (TPSA) is 121 Å². The van der Waals surface area contributed by atoms with E-state index < -0.39 is 41.9 Å². The van der Waals surface area contributed by atoms with Gasteiger partial charge in [0.05, 0.1) is 27.8 Å². The summed E-state index contributed by atoms with van der Waals surface area (Å²) >= 11 is 0. The van der Waals surface area contributed by atoms with Gasteiger partial charge in [0.25, 0.3) is 0 Å². The van der Waals surface area contributed by atoms with E-state index in [0.29, 0.717) is 5.56 Å². The van der Waals surface area contributed by atoms with Gasteiger partial charge in [0, 0.05) is 24.6 Å². The van der Waals surface area contributed by atoms with Crippen LogP contribution in [0.25, 0.3) is 0 Å². The van der Waals surface area contributed by atoms with Gasteiger partial charge in [-0.2, -0.15) is 0 Å². The summed E-state index contributed by atoms with van der Waals surface area (Å²) in [6.45, 7) is 0.0973. The maximum Gasteiger partial charge on any atom is 0.410 e. The molecule has 2 heterocycles. The summed E-state index contributed by atoms with van der Waals surface area (Å²) in [5, 5.41) is 0. The zero-order chi connectivity index (χ0) is 24.7. The molecule has 0 aliphatic carbocycles. The van der Waals surface area contributed by atoms with Crippen LogP contribution in [0.2, 0.25) is 0 Å². The van der Waals surface area contributed by atoms with E-state index in [-0.39, 0.29) is 25.3 Å². The second-order valence-corrected chi connectivity index (χ2v) is 7.68. The number of pyridine rings is 1. The maximum atomic E-state index is 13.0. The summed E-state index contributed by atoms with van der Waals surface area (Å²) in [5.74, 6) is -2.93. The van der Waals surface area contributed by atoms with Crippen LogP contribution >= 0.6 is 0 Å². The molecule has 2 aromatic rings. The fraction of sp³-hybridized carbons (Fsp3) is 0.375. The monoisotopic (exact) mass is 470 g/mol. The Bertz CT molecular complexity index is 1030. The molecule has 3 rings (SSSR count). The Balaban J connectivity index is 1.90. The predicted octanol–water partition coefficient (Wildman–Crippen LogP) is 2.33. The van der Waals surface area contributed by atoms with E-state index in [2.05, 4.69) is 9.72 Å². The second kappa shape index (κ2) is 11.3. The first-order valence-corrected chi connectivity index (χ1v) is 10.6. The lowest BCUT2D eigenvalue weighted by molar-refractivity contribution is -0.148. The highest BCUT2D eigenvalue weighted by Crippen LogP contribution is 2.40. The highest BCUT2D eigenvalue weighted by Gasteiger charge is 2.50. The van der Waals surface area contributed by atoms with Crippen molar-refractivity contribution in [3.8, 4) is 0 Å². The SMILES string of the molecule is COC(=O)C[C@H]1[C@@H](c2ccc(C(=O)OC)nc2)CN(C(=O)OCc2ccccc2)[C@H]1C(=O)OC. The average molecular weight is 470 g/mol. The van der Waals surface area contributed by atoms with Gasteiger partial charge in [-0.1, -0.05) is 36.4 Å². The molecule has 0 bridgehead atoms. The van der Waals surface area contributed by atoms with Crippen molar-refractivity contribution in [3.05, 3.63) is 65.5 Å². The Morgan fingerprint density at radius 2 is 1.71 bits per heavy atom. The minimum atomic E-state index is -1.07. The highest BCUT2D eigenvalue weighted by atomic mass is 16.6. The molecular weight excluding hydrogens is 444 g/mol. The van der Waals surface area contributed by atoms with Crippen molar-refractivity contribution < 1.29 is 38.1 Å². The molecule has 1 aliphatic heterocycles. The van der Waals surface area contributed by atoms with Crippen LogP contribution in [-0.4, -0.2) is 67.8 Å². The maximum absolute atomic E-state index is 13.0. The number of likely N-dealkylation sites (tertiary alicyclic amines) is 1. The van der Waals surface area contributed by atoms with E-state index in [1.807, 2.05) is 30.3 Å². The Hall–Kier alpha value is -3.95. The van der Waals surface area contributed by atoms with Crippen LogP contribution in [0.3, 0.4) is 0 Å². The summed E-state index contributed by atoms with van der Waals surface area (Å²) in [7, 11) is 3.71. The fourth-order valence-corrected chi connectivity index (χ4v) is 4.06. The summed E-state index contributed by atoms with van der Waals surface area (Å²) in [4.78, 5) is 55.1. The molecule has 0 saturated carbocycles. The number of esters is 3. The van der Waals surface area contributed by atoms with Gasteiger partial charge in [0.1, 0.15) is 18.3 Å². The Kier molecular flexibility index (Phi) is 8.18. The van der Waals surface area contributed by atoms with Crippen molar-refractivity contribution in [2.45, 2.75) is 25.0 Å². The predicted molar refractivity (Wildman–Crippen MR) is 118 cm³/mol. The number of methoxy groups -OCH3 is 3. The molecule has 180 valence electrons. The number of amides is 1. The molecule has 3 atom stereocenters. The third-order valence-electron chi connectivity index (χ3n) is 5.77. The number of carbonyl (C=O) groups excluding carboxylic acids is 4. The van der Waals surface area contributed by atoms with Crippen molar-refractivity contribution in [1.29, 1.82) is 0 Å². The summed E-state index contributed by atoms with van der Waals surface area (Å²) in [6, 6.07) is 11.2. The normalized spacial score (nSPS) is 19.3. The first-order valence-electron chi connectivity index (χ1n) is 10.6. The van der Waals surface area contributed by atoms with Crippen molar-refractivity contribution >= 4 is 24.0 Å². The standard InChI is InChI=1S/C24H26N2O8/c1-31-20(27)11-17-18(16-9-10-19(25-12-16)22(28)32-2)13-26(21(17)23(29)33-3)24(30)34-14-15-7-5-4-6-8-15/h4-10,12,17-18,21H,11,13-14H2,1-3H3/t17-,18+,21+/m0/s1. The van der Waals surface area contributed by atoms with Crippen LogP contribution in [0.5, 0.6) is 0 Å². The minimum absolute atomic E-state index is 0.0196. The number of hydrogen-bond donors (Lipinski definition) is 0. The average Bonchev–Trinajstić information content (AvgIpc) is 3.25. The molecule has 1 aliphatic rings. The molecule has 1 saturated heterocycles. The number of carbonyl (C=O) groups is 4.